The average Bonchev–Trinajstić information content (AvgIpc) is 3.45. The molecule has 1 atom stereocenters. The van der Waals surface area contributed by atoms with Gasteiger partial charge in [0, 0.05) is 52.1 Å². The molecule has 0 aliphatic carbocycles. The van der Waals surface area contributed by atoms with Crippen LogP contribution in [0.3, 0.4) is 0 Å². The number of carboxylic acids is 2. The standard InChI is InChI=1S/C6H10O4.C4H13N3.C3H5ClO.C2H8N2/c7-5(8)3-1-2-4-6(9)10;5-1-3-7-4-2-6;4-1-3-2-5-3;3-1-2-4/h1-4H2,(H,7,8)(H,9,10);7H,1-6H2;3H,1-2H2;1-4H2. The van der Waals surface area contributed by atoms with Crippen molar-refractivity contribution in [3.05, 3.63) is 0 Å². The number of rotatable bonds is 11. The van der Waals surface area contributed by atoms with Crippen molar-refractivity contribution >= 4 is 23.5 Å². The molecule has 0 saturated carbocycles. The first-order chi connectivity index (χ1) is 12.4. The smallest absolute Gasteiger partial charge is 0.303 e. The van der Waals surface area contributed by atoms with Crippen molar-refractivity contribution in [1.82, 2.24) is 5.32 Å². The maximum absolute atomic E-state index is 9.90. The van der Waals surface area contributed by atoms with E-state index >= 15 is 0 Å². The van der Waals surface area contributed by atoms with Gasteiger partial charge in [-0.05, 0) is 12.8 Å². The van der Waals surface area contributed by atoms with Crippen molar-refractivity contribution < 1.29 is 24.5 Å². The van der Waals surface area contributed by atoms with Gasteiger partial charge < -0.3 is 43.2 Å². The lowest BCUT2D eigenvalue weighted by Crippen LogP contribution is -2.27. The second-order valence-corrected chi connectivity index (χ2v) is 5.32. The topological polar surface area (TPSA) is 203 Å². The summed E-state index contributed by atoms with van der Waals surface area (Å²) in [4.78, 5) is 19.8. The number of halogens is 1. The molecule has 0 amide bonds. The summed E-state index contributed by atoms with van der Waals surface area (Å²) in [6, 6.07) is 0. The number of unbranched alkanes of at least 4 members (excludes halogenated alkanes) is 1. The van der Waals surface area contributed by atoms with E-state index in [4.69, 9.17) is 49.5 Å². The van der Waals surface area contributed by atoms with E-state index in [0.717, 1.165) is 19.7 Å². The summed E-state index contributed by atoms with van der Waals surface area (Å²) in [5.74, 6) is -1.07. The molecule has 0 bridgehead atoms. The molecule has 1 rings (SSSR count). The van der Waals surface area contributed by atoms with E-state index in [-0.39, 0.29) is 12.8 Å². The second-order valence-electron chi connectivity index (χ2n) is 5.01. The Morgan fingerprint density at radius 2 is 1.31 bits per heavy atom. The fourth-order valence-electron chi connectivity index (χ4n) is 1.04. The fraction of sp³-hybridized carbons (Fsp3) is 0.867. The number of carbonyl (C=O) groups is 2. The molecule has 11 N–H and O–H groups in total. The lowest BCUT2D eigenvalue weighted by atomic mass is 10.2. The molecular formula is C15H36ClN5O5. The molecule has 158 valence electrons. The zero-order valence-corrected chi connectivity index (χ0v) is 16.1. The molecule has 26 heavy (non-hydrogen) atoms. The Morgan fingerprint density at radius 1 is 0.923 bits per heavy atom. The third-order valence-electron chi connectivity index (χ3n) is 2.41. The fourth-order valence-corrected chi connectivity index (χ4v) is 1.22. The van der Waals surface area contributed by atoms with Crippen LogP contribution in [0.1, 0.15) is 25.7 Å². The van der Waals surface area contributed by atoms with Gasteiger partial charge >= 0.3 is 11.9 Å². The molecule has 0 aromatic rings. The van der Waals surface area contributed by atoms with E-state index in [2.05, 4.69) is 5.32 Å². The highest BCUT2D eigenvalue weighted by molar-refractivity contribution is 6.18. The molecule has 1 aliphatic rings. The molecule has 0 radical (unpaired) electrons. The average molecular weight is 402 g/mol. The van der Waals surface area contributed by atoms with Crippen LogP contribution in [0.15, 0.2) is 0 Å². The van der Waals surface area contributed by atoms with Crippen LogP contribution in [0, 0.1) is 0 Å². The summed E-state index contributed by atoms with van der Waals surface area (Å²) in [5.41, 5.74) is 20.1. The van der Waals surface area contributed by atoms with Gasteiger partial charge in [-0.25, -0.2) is 0 Å². The van der Waals surface area contributed by atoms with Gasteiger partial charge in [0.2, 0.25) is 0 Å². The third-order valence-corrected chi connectivity index (χ3v) is 2.76. The van der Waals surface area contributed by atoms with Crippen molar-refractivity contribution in [2.24, 2.45) is 22.9 Å². The minimum Gasteiger partial charge on any atom is -0.481 e. The highest BCUT2D eigenvalue weighted by Crippen LogP contribution is 2.08. The monoisotopic (exact) mass is 401 g/mol. The first-order valence-corrected chi connectivity index (χ1v) is 9.05. The molecule has 1 unspecified atom stereocenters. The zero-order chi connectivity index (χ0) is 20.6. The number of nitrogens with one attached hydrogen (secondary N) is 1. The molecule has 1 heterocycles. The Bertz CT molecular complexity index is 288. The van der Waals surface area contributed by atoms with Crippen LogP contribution in [0.2, 0.25) is 0 Å². The minimum atomic E-state index is -0.870. The summed E-state index contributed by atoms with van der Waals surface area (Å²) < 4.78 is 4.73. The number of aliphatic carboxylic acids is 2. The second kappa shape index (κ2) is 26.2. The van der Waals surface area contributed by atoms with Crippen LogP contribution in [0.5, 0.6) is 0 Å². The van der Waals surface area contributed by atoms with Crippen molar-refractivity contribution in [2.75, 3.05) is 51.8 Å². The van der Waals surface area contributed by atoms with Crippen molar-refractivity contribution in [3.8, 4) is 0 Å². The Kier molecular flexibility index (Phi) is 30.0. The highest BCUT2D eigenvalue weighted by atomic mass is 35.5. The molecule has 0 aromatic heterocycles. The molecule has 1 fully saturated rings. The highest BCUT2D eigenvalue weighted by Gasteiger charge is 2.19. The van der Waals surface area contributed by atoms with Gasteiger partial charge in [-0.2, -0.15) is 0 Å². The molecule has 0 spiro atoms. The predicted molar refractivity (Wildman–Crippen MR) is 103 cm³/mol. The number of hydrogen-bond donors (Lipinski definition) is 7. The van der Waals surface area contributed by atoms with E-state index in [1.807, 2.05) is 0 Å². The first kappa shape index (κ1) is 29.7. The van der Waals surface area contributed by atoms with Crippen molar-refractivity contribution in [3.63, 3.8) is 0 Å². The summed E-state index contributed by atoms with van der Waals surface area (Å²) >= 11 is 5.27. The van der Waals surface area contributed by atoms with E-state index in [1.54, 1.807) is 0 Å². The molecule has 1 aliphatic heterocycles. The van der Waals surface area contributed by atoms with Gasteiger partial charge in [0.15, 0.2) is 0 Å². The van der Waals surface area contributed by atoms with Crippen molar-refractivity contribution in [1.29, 1.82) is 0 Å². The Hall–Kier alpha value is -1.01. The number of nitrogens with two attached hydrogens (primary N) is 4. The van der Waals surface area contributed by atoms with Crippen LogP contribution < -0.4 is 28.3 Å². The molecule has 10 nitrogen and oxygen atoms in total. The van der Waals surface area contributed by atoms with Gasteiger partial charge in [-0.1, -0.05) is 0 Å². The van der Waals surface area contributed by atoms with Gasteiger partial charge in [0.05, 0.1) is 18.6 Å². The minimum absolute atomic E-state index is 0.0628. The number of alkyl halides is 1. The Balaban J connectivity index is -0.000000288. The molecule has 1 saturated heterocycles. The lowest BCUT2D eigenvalue weighted by molar-refractivity contribution is -0.139. The van der Waals surface area contributed by atoms with Crippen LogP contribution in [-0.2, 0) is 14.3 Å². The molecule has 0 aromatic carbocycles. The Labute approximate surface area is 160 Å². The quantitative estimate of drug-likeness (QED) is 0.124. The van der Waals surface area contributed by atoms with Crippen LogP contribution in [0.4, 0.5) is 0 Å². The summed E-state index contributed by atoms with van der Waals surface area (Å²) in [7, 11) is 0. The number of epoxide rings is 1. The van der Waals surface area contributed by atoms with Gasteiger partial charge in [-0.3, -0.25) is 9.59 Å². The number of ether oxygens (including phenoxy) is 1. The predicted octanol–water partition coefficient (Wildman–Crippen LogP) is -1.26. The van der Waals surface area contributed by atoms with E-state index in [9.17, 15) is 9.59 Å². The van der Waals surface area contributed by atoms with Gasteiger partial charge in [0.1, 0.15) is 0 Å². The van der Waals surface area contributed by atoms with Crippen LogP contribution >= 0.6 is 11.6 Å². The third kappa shape index (κ3) is 43.5. The maximum atomic E-state index is 9.90. The van der Waals surface area contributed by atoms with Crippen molar-refractivity contribution in [2.45, 2.75) is 31.8 Å². The lowest BCUT2D eigenvalue weighted by Gasteiger charge is -1.95. The summed E-state index contributed by atoms with van der Waals surface area (Å²) in [6.07, 6.45) is 1.42. The normalized spacial score (nSPS) is 13.8. The van der Waals surface area contributed by atoms with Crippen LogP contribution in [-0.4, -0.2) is 80.0 Å². The van der Waals surface area contributed by atoms with E-state index in [1.165, 1.54) is 0 Å². The SMILES string of the molecule is ClCC1CO1.NCCN.NCCNCCN.O=C(O)CCCCC(=O)O. The van der Waals surface area contributed by atoms with Gasteiger partial charge in [-0.15, -0.1) is 11.6 Å². The zero-order valence-electron chi connectivity index (χ0n) is 15.4. The van der Waals surface area contributed by atoms with E-state index < -0.39 is 11.9 Å². The Morgan fingerprint density at radius 3 is 1.46 bits per heavy atom. The molecular weight excluding hydrogens is 366 g/mol. The first-order valence-electron chi connectivity index (χ1n) is 8.51. The molecule has 11 heteroatoms. The van der Waals surface area contributed by atoms with Crippen LogP contribution in [0.25, 0.3) is 0 Å². The number of hydrogen-bond acceptors (Lipinski definition) is 8. The largest absolute Gasteiger partial charge is 0.481 e. The van der Waals surface area contributed by atoms with Gasteiger partial charge in [0.25, 0.3) is 0 Å². The number of carboxylic acid groups (broad SMARTS) is 2. The maximum Gasteiger partial charge on any atom is 0.303 e. The summed E-state index contributed by atoms with van der Waals surface area (Å²) in [6.45, 7) is 5.21. The summed E-state index contributed by atoms with van der Waals surface area (Å²) in [5, 5.41) is 19.3. The van der Waals surface area contributed by atoms with E-state index in [0.29, 0.717) is 51.0 Å².